The van der Waals surface area contributed by atoms with Crippen molar-refractivity contribution in [2.24, 2.45) is 0 Å². The first kappa shape index (κ1) is 29.3. The van der Waals surface area contributed by atoms with Crippen LogP contribution in [0.15, 0.2) is 48.5 Å². The van der Waals surface area contributed by atoms with Gasteiger partial charge in [0.25, 0.3) is 0 Å². The summed E-state index contributed by atoms with van der Waals surface area (Å²) in [7, 11) is 0. The number of fused-ring (bicyclic) bond motifs is 1. The second-order valence-corrected chi connectivity index (χ2v) is 10.6. The number of ether oxygens (including phenoxy) is 3. The Morgan fingerprint density at radius 2 is 1.81 bits per heavy atom. The van der Waals surface area contributed by atoms with Crippen molar-refractivity contribution in [1.29, 1.82) is 0 Å². The normalized spacial score (nSPS) is 21.4. The second kappa shape index (κ2) is 12.9. The van der Waals surface area contributed by atoms with Crippen LogP contribution in [0.3, 0.4) is 0 Å². The number of benzene rings is 2. The molecule has 6 rings (SSSR count). The van der Waals surface area contributed by atoms with Gasteiger partial charge in [0.2, 0.25) is 0 Å². The molecule has 4 atom stereocenters. The van der Waals surface area contributed by atoms with E-state index < -0.39 is 30.4 Å². The van der Waals surface area contributed by atoms with E-state index in [1.165, 1.54) is 0 Å². The van der Waals surface area contributed by atoms with Crippen molar-refractivity contribution < 1.29 is 34.3 Å². The lowest BCUT2D eigenvalue weighted by molar-refractivity contribution is -0.507. The molecule has 4 heterocycles. The zero-order valence-corrected chi connectivity index (χ0v) is 23.9. The average Bonchev–Trinajstić information content (AvgIpc) is 3.80. The van der Waals surface area contributed by atoms with Gasteiger partial charge in [0.1, 0.15) is 24.1 Å². The fourth-order valence-electron chi connectivity index (χ4n) is 5.48. The molecule has 2 aromatic heterocycles. The molecule has 0 spiro atoms. The van der Waals surface area contributed by atoms with E-state index >= 15 is 0 Å². The van der Waals surface area contributed by atoms with Crippen LogP contribution in [0.5, 0.6) is 0 Å². The zero-order valence-electron chi connectivity index (χ0n) is 23.2. The Labute approximate surface area is 251 Å². The van der Waals surface area contributed by atoms with Crippen molar-refractivity contribution in [3.8, 4) is 22.5 Å². The van der Waals surface area contributed by atoms with E-state index in [1.54, 1.807) is 4.57 Å². The minimum atomic E-state index is -0.763. The van der Waals surface area contributed by atoms with Crippen LogP contribution in [0.1, 0.15) is 41.6 Å². The Morgan fingerprint density at radius 1 is 1.09 bits per heavy atom. The first-order chi connectivity index (χ1) is 20.9. The van der Waals surface area contributed by atoms with Crippen molar-refractivity contribution in [3.63, 3.8) is 0 Å². The number of imidazole rings is 1. The van der Waals surface area contributed by atoms with E-state index in [1.807, 2.05) is 48.5 Å². The number of aryl methyl sites for hydroxylation is 1. The first-order valence-electron chi connectivity index (χ1n) is 13.9. The summed E-state index contributed by atoms with van der Waals surface area (Å²) in [4.78, 5) is 22.9. The van der Waals surface area contributed by atoms with Gasteiger partial charge in [0, 0.05) is 18.5 Å². The third-order valence-electron chi connectivity index (χ3n) is 7.54. The molecule has 0 bridgehead atoms. The minimum absolute atomic E-state index is 0.0383. The van der Waals surface area contributed by atoms with Crippen molar-refractivity contribution in [3.05, 3.63) is 70.8 Å². The molecule has 15 heteroatoms. The third kappa shape index (κ3) is 6.17. The van der Waals surface area contributed by atoms with Crippen molar-refractivity contribution in [2.45, 2.75) is 57.1 Å². The van der Waals surface area contributed by atoms with Gasteiger partial charge in [-0.3, -0.25) is 10.4 Å². The maximum atomic E-state index is 13.5. The molecular formula is C28H30ClN7O7. The Morgan fingerprint density at radius 3 is 2.51 bits per heavy atom. The number of rotatable bonds is 11. The van der Waals surface area contributed by atoms with Crippen LogP contribution in [0.2, 0.25) is 5.15 Å². The molecule has 226 valence electrons. The summed E-state index contributed by atoms with van der Waals surface area (Å²) in [5, 5.41) is 31.9. The van der Waals surface area contributed by atoms with Crippen molar-refractivity contribution in [1.82, 2.24) is 35.6 Å². The van der Waals surface area contributed by atoms with E-state index in [-0.39, 0.29) is 29.5 Å². The van der Waals surface area contributed by atoms with E-state index in [0.29, 0.717) is 24.6 Å². The molecule has 0 saturated carbocycles. The van der Waals surface area contributed by atoms with Gasteiger partial charge >= 0.3 is 5.97 Å². The standard InChI is InChI=1S/C28H30ClN7O7/c1-2-3-8-22-30-26(29)23(28(37)42-20-14-40-25-21(43-36(38)39)15-41-24(20)25)35(22)13-16-9-11-17(12-10-16)18-6-4-5-7-19(18)27-31-33-34-32-27/h4-7,9-12,20-21,24-25,38-39H,2-3,8,13-15H2,1H3,(H,31,32,33,34)/t20-,21+,24+,25+/m0/s1. The van der Waals surface area contributed by atoms with Gasteiger partial charge in [-0.2, -0.15) is 0 Å². The van der Waals surface area contributed by atoms with E-state index in [4.69, 9.17) is 41.1 Å². The lowest BCUT2D eigenvalue weighted by Gasteiger charge is -2.18. The maximum absolute atomic E-state index is 13.5. The Bertz CT molecular complexity index is 1550. The molecule has 0 amide bonds. The van der Waals surface area contributed by atoms with Crippen LogP contribution >= 0.6 is 11.6 Å². The van der Waals surface area contributed by atoms with Crippen molar-refractivity contribution in [2.75, 3.05) is 13.2 Å². The Kier molecular flexibility index (Phi) is 8.76. The van der Waals surface area contributed by atoms with Crippen LogP contribution in [0, 0.1) is 0 Å². The second-order valence-electron chi connectivity index (χ2n) is 10.3. The largest absolute Gasteiger partial charge is 0.452 e. The van der Waals surface area contributed by atoms with E-state index in [2.05, 4.69) is 32.5 Å². The predicted molar refractivity (Wildman–Crippen MR) is 149 cm³/mol. The summed E-state index contributed by atoms with van der Waals surface area (Å²) in [6, 6.07) is 15.8. The van der Waals surface area contributed by atoms with Gasteiger partial charge in [0.15, 0.2) is 22.8 Å². The lowest BCUT2D eigenvalue weighted by Crippen LogP contribution is -2.37. The average molecular weight is 612 g/mol. The molecule has 14 nitrogen and oxygen atoms in total. The molecule has 43 heavy (non-hydrogen) atoms. The number of nitrogens with zero attached hydrogens (tertiary/aromatic N) is 6. The van der Waals surface area contributed by atoms with Crippen LogP contribution in [-0.4, -0.2) is 89.6 Å². The van der Waals surface area contributed by atoms with E-state index in [9.17, 15) is 4.79 Å². The highest BCUT2D eigenvalue weighted by Gasteiger charge is 2.51. The fraction of sp³-hybridized carbons (Fsp3) is 0.393. The molecule has 0 aliphatic carbocycles. The molecule has 0 unspecified atom stereocenters. The molecular weight excluding hydrogens is 582 g/mol. The molecule has 3 N–H and O–H groups in total. The summed E-state index contributed by atoms with van der Waals surface area (Å²) in [6.07, 6.45) is -0.318. The highest BCUT2D eigenvalue weighted by molar-refractivity contribution is 6.32. The number of hydrogen-bond donors (Lipinski definition) is 3. The van der Waals surface area contributed by atoms with Gasteiger partial charge in [-0.25, -0.2) is 19.7 Å². The van der Waals surface area contributed by atoms with Gasteiger partial charge in [-0.05, 0) is 33.5 Å². The number of esters is 1. The first-order valence-corrected chi connectivity index (χ1v) is 14.3. The fourth-order valence-corrected chi connectivity index (χ4v) is 5.76. The summed E-state index contributed by atoms with van der Waals surface area (Å²) < 4.78 is 19.0. The Balaban J connectivity index is 1.23. The summed E-state index contributed by atoms with van der Waals surface area (Å²) in [5.74, 6) is 0.605. The third-order valence-corrected chi connectivity index (χ3v) is 7.80. The molecule has 2 aliphatic heterocycles. The van der Waals surface area contributed by atoms with Gasteiger partial charge < -0.3 is 18.8 Å². The number of carbonyl (C=O) groups excluding carboxylic acids is 1. The predicted octanol–water partition coefficient (Wildman–Crippen LogP) is 3.48. The zero-order chi connectivity index (χ0) is 29.9. The SMILES string of the molecule is CCCCc1nc(Cl)c(C(=O)O[C@H]2CO[C@H]3[C@@H]2OC[C@H]3ON(O)O)n1Cc1ccc(-c2ccccc2-c2nnn[nH]2)cc1. The number of carbonyl (C=O) groups is 1. The monoisotopic (exact) mass is 611 g/mol. The molecule has 2 saturated heterocycles. The smallest absolute Gasteiger partial charge is 0.358 e. The number of hydrogen-bond acceptors (Lipinski definition) is 12. The number of H-pyrrole nitrogens is 1. The minimum Gasteiger partial charge on any atom is -0.452 e. The van der Waals surface area contributed by atoms with E-state index in [0.717, 1.165) is 35.1 Å². The highest BCUT2D eigenvalue weighted by atomic mass is 35.5. The van der Waals surface area contributed by atoms with Crippen LogP contribution in [0.4, 0.5) is 0 Å². The molecule has 4 aromatic rings. The highest BCUT2D eigenvalue weighted by Crippen LogP contribution is 2.33. The number of aromatic nitrogens is 6. The molecule has 2 fully saturated rings. The summed E-state index contributed by atoms with van der Waals surface area (Å²) in [6.45, 7) is 2.52. The van der Waals surface area contributed by atoms with Crippen molar-refractivity contribution >= 4 is 17.6 Å². The number of aromatic amines is 1. The summed E-state index contributed by atoms with van der Waals surface area (Å²) in [5.41, 5.74) is 3.90. The molecule has 2 aliphatic rings. The summed E-state index contributed by atoms with van der Waals surface area (Å²) >= 11 is 6.54. The van der Waals surface area contributed by atoms with Gasteiger partial charge in [-0.1, -0.05) is 73.5 Å². The maximum Gasteiger partial charge on any atom is 0.358 e. The van der Waals surface area contributed by atoms with Gasteiger partial charge in [-0.15, -0.1) is 5.10 Å². The number of tetrazole rings is 1. The van der Waals surface area contributed by atoms with Gasteiger partial charge in [0.05, 0.1) is 18.6 Å². The number of nitrogens with one attached hydrogen (secondary N) is 1. The Hall–Kier alpha value is -3.76. The number of halogens is 1. The van der Waals surface area contributed by atoms with Crippen LogP contribution in [0.25, 0.3) is 22.5 Å². The van der Waals surface area contributed by atoms with Crippen LogP contribution in [-0.2, 0) is 32.0 Å². The lowest BCUT2D eigenvalue weighted by atomic mass is 9.98. The van der Waals surface area contributed by atoms with Crippen LogP contribution < -0.4 is 0 Å². The molecule has 2 aromatic carbocycles. The number of unbranched alkanes of at least 4 members (excludes halogenated alkanes) is 1. The molecule has 0 radical (unpaired) electrons. The quantitative estimate of drug-likeness (QED) is 0.167. The topological polar surface area (TPSA) is 170 Å².